The van der Waals surface area contributed by atoms with Gasteiger partial charge in [0.15, 0.2) is 5.13 Å². The van der Waals surface area contributed by atoms with Gasteiger partial charge in [0.2, 0.25) is 10.0 Å². The first-order chi connectivity index (χ1) is 18.7. The number of thiazole rings is 1. The van der Waals surface area contributed by atoms with Gasteiger partial charge in [0.25, 0.3) is 5.91 Å². The molecule has 0 unspecified atom stereocenters. The number of hydrogen-bond acceptors (Lipinski definition) is 8. The molecule has 12 heteroatoms. The van der Waals surface area contributed by atoms with E-state index in [4.69, 9.17) is 9.72 Å². The molecule has 2 saturated heterocycles. The topological polar surface area (TPSA) is 103 Å². The van der Waals surface area contributed by atoms with E-state index in [1.54, 1.807) is 35.3 Å². The molecule has 2 aliphatic heterocycles. The van der Waals surface area contributed by atoms with Crippen LogP contribution in [0.4, 0.5) is 9.93 Å². The second-order valence-corrected chi connectivity index (χ2v) is 12.7. The summed E-state index contributed by atoms with van der Waals surface area (Å²) in [5, 5.41) is 0.972. The molecule has 0 atom stereocenters. The number of carbonyl (C=O) groups excluding carboxylic acids is 2. The Morgan fingerprint density at radius 3 is 2.15 bits per heavy atom. The molecule has 2 aliphatic rings. The molecule has 1 aromatic heterocycles. The molecule has 0 bridgehead atoms. The van der Waals surface area contributed by atoms with Gasteiger partial charge in [-0.1, -0.05) is 11.3 Å². The molecule has 208 valence electrons. The molecule has 2 amide bonds. The second-order valence-electron chi connectivity index (χ2n) is 9.79. The number of ether oxygens (including phenoxy) is 1. The first-order valence-corrected chi connectivity index (χ1v) is 15.4. The summed E-state index contributed by atoms with van der Waals surface area (Å²) < 4.78 is 33.8. The van der Waals surface area contributed by atoms with Crippen LogP contribution in [0.3, 0.4) is 0 Å². The highest BCUT2D eigenvalue weighted by Gasteiger charge is 2.31. The van der Waals surface area contributed by atoms with E-state index >= 15 is 0 Å². The van der Waals surface area contributed by atoms with Crippen LogP contribution < -0.4 is 4.90 Å². The highest BCUT2D eigenvalue weighted by molar-refractivity contribution is 7.89. The molecule has 3 aromatic rings. The third-order valence-corrected chi connectivity index (χ3v) is 10.3. The number of rotatable bonds is 5. The van der Waals surface area contributed by atoms with Crippen LogP contribution in [-0.4, -0.2) is 98.5 Å². The van der Waals surface area contributed by atoms with Gasteiger partial charge < -0.3 is 19.4 Å². The van der Waals surface area contributed by atoms with Crippen LogP contribution in [0.1, 0.15) is 28.4 Å². The molecular weight excluding hydrogens is 538 g/mol. The Labute approximate surface area is 232 Å². The summed E-state index contributed by atoms with van der Waals surface area (Å²) in [6.45, 7) is 9.66. The minimum absolute atomic E-state index is 0.114. The number of benzene rings is 2. The zero-order valence-electron chi connectivity index (χ0n) is 22.4. The third kappa shape index (κ3) is 5.59. The van der Waals surface area contributed by atoms with Crippen molar-refractivity contribution in [3.05, 3.63) is 53.1 Å². The van der Waals surface area contributed by atoms with E-state index in [-0.39, 0.29) is 43.6 Å². The van der Waals surface area contributed by atoms with E-state index in [9.17, 15) is 18.0 Å². The number of aryl methyl sites for hydroxylation is 2. The fraction of sp³-hybridized carbons (Fsp3) is 0.444. The lowest BCUT2D eigenvalue weighted by atomic mass is 10.1. The minimum Gasteiger partial charge on any atom is -0.450 e. The molecule has 5 rings (SSSR count). The van der Waals surface area contributed by atoms with Crippen molar-refractivity contribution < 1.29 is 22.7 Å². The summed E-state index contributed by atoms with van der Waals surface area (Å²) in [6, 6.07) is 10.4. The van der Waals surface area contributed by atoms with Crippen molar-refractivity contribution in [3.63, 3.8) is 0 Å². The number of piperazine rings is 2. The van der Waals surface area contributed by atoms with Gasteiger partial charge in [-0.3, -0.25) is 4.79 Å². The van der Waals surface area contributed by atoms with Crippen LogP contribution in [0.2, 0.25) is 0 Å². The maximum Gasteiger partial charge on any atom is 0.409 e. The van der Waals surface area contributed by atoms with Gasteiger partial charge in [0, 0.05) is 57.9 Å². The van der Waals surface area contributed by atoms with Gasteiger partial charge in [-0.2, -0.15) is 4.31 Å². The van der Waals surface area contributed by atoms with Crippen LogP contribution in [-0.2, 0) is 14.8 Å². The molecule has 0 radical (unpaired) electrons. The number of anilines is 1. The largest absolute Gasteiger partial charge is 0.450 e. The summed E-state index contributed by atoms with van der Waals surface area (Å²) >= 11 is 1.68. The molecule has 39 heavy (non-hydrogen) atoms. The summed E-state index contributed by atoms with van der Waals surface area (Å²) in [4.78, 5) is 35.5. The maximum atomic E-state index is 13.2. The molecule has 0 saturated carbocycles. The van der Waals surface area contributed by atoms with Crippen molar-refractivity contribution in [1.29, 1.82) is 0 Å². The summed E-state index contributed by atoms with van der Waals surface area (Å²) in [5.41, 5.74) is 3.95. The lowest BCUT2D eigenvalue weighted by molar-refractivity contribution is 0.0746. The average Bonchev–Trinajstić information content (AvgIpc) is 3.36. The van der Waals surface area contributed by atoms with E-state index in [0.717, 1.165) is 10.6 Å². The van der Waals surface area contributed by atoms with Crippen LogP contribution >= 0.6 is 11.3 Å². The maximum absolute atomic E-state index is 13.2. The Kier molecular flexibility index (Phi) is 7.79. The van der Waals surface area contributed by atoms with Gasteiger partial charge in [-0.15, -0.1) is 0 Å². The number of sulfonamides is 1. The first-order valence-electron chi connectivity index (χ1n) is 13.1. The van der Waals surface area contributed by atoms with E-state index < -0.39 is 16.1 Å². The van der Waals surface area contributed by atoms with E-state index in [2.05, 4.69) is 30.9 Å². The Morgan fingerprint density at radius 2 is 1.51 bits per heavy atom. The monoisotopic (exact) mass is 571 g/mol. The molecular formula is C27H33N5O5S2. The van der Waals surface area contributed by atoms with E-state index in [1.807, 2.05) is 0 Å². The van der Waals surface area contributed by atoms with Crippen LogP contribution in [0, 0.1) is 13.8 Å². The number of hydrogen-bond donors (Lipinski definition) is 0. The minimum atomic E-state index is -3.73. The SMILES string of the molecule is CCOC(=O)N1CCN(S(=O)(=O)c2ccc(C(=O)N3CCN(c4nc5cc(C)c(C)cc5s4)CC3)cc2)CC1. The highest BCUT2D eigenvalue weighted by Crippen LogP contribution is 2.31. The fourth-order valence-electron chi connectivity index (χ4n) is 4.83. The van der Waals surface area contributed by atoms with Crippen LogP contribution in [0.5, 0.6) is 0 Å². The van der Waals surface area contributed by atoms with E-state index in [0.29, 0.717) is 31.7 Å². The van der Waals surface area contributed by atoms with Crippen molar-refractivity contribution in [1.82, 2.24) is 19.1 Å². The number of carbonyl (C=O) groups is 2. The van der Waals surface area contributed by atoms with Crippen LogP contribution in [0.25, 0.3) is 10.2 Å². The zero-order chi connectivity index (χ0) is 27.7. The average molecular weight is 572 g/mol. The zero-order valence-corrected chi connectivity index (χ0v) is 24.1. The molecule has 0 spiro atoms. The van der Waals surface area contributed by atoms with Crippen molar-refractivity contribution in [2.24, 2.45) is 0 Å². The number of fused-ring (bicyclic) bond motifs is 1. The Morgan fingerprint density at radius 1 is 0.897 bits per heavy atom. The van der Waals surface area contributed by atoms with Crippen molar-refractivity contribution in [3.8, 4) is 0 Å². The Bertz CT molecular complexity index is 1430. The quantitative estimate of drug-likeness (QED) is 0.463. The van der Waals surface area contributed by atoms with Crippen molar-refractivity contribution in [2.75, 3.05) is 63.9 Å². The molecule has 10 nitrogen and oxygen atoms in total. The van der Waals surface area contributed by atoms with Crippen molar-refractivity contribution in [2.45, 2.75) is 25.7 Å². The number of nitrogens with zero attached hydrogens (tertiary/aromatic N) is 5. The lowest BCUT2D eigenvalue weighted by Gasteiger charge is -2.34. The van der Waals surface area contributed by atoms with Crippen LogP contribution in [0.15, 0.2) is 41.3 Å². The number of amides is 2. The molecule has 2 fully saturated rings. The molecule has 2 aromatic carbocycles. The first kappa shape index (κ1) is 27.4. The highest BCUT2D eigenvalue weighted by atomic mass is 32.2. The van der Waals surface area contributed by atoms with Gasteiger partial charge in [-0.05, 0) is 68.3 Å². The normalized spacial score (nSPS) is 17.1. The smallest absolute Gasteiger partial charge is 0.409 e. The van der Waals surface area contributed by atoms with Gasteiger partial charge >= 0.3 is 6.09 Å². The Hall–Kier alpha value is -3.22. The van der Waals surface area contributed by atoms with Crippen molar-refractivity contribution >= 4 is 48.7 Å². The van der Waals surface area contributed by atoms with Gasteiger partial charge in [-0.25, -0.2) is 18.2 Å². The molecule has 3 heterocycles. The third-order valence-electron chi connectivity index (χ3n) is 7.33. The predicted octanol–water partition coefficient (Wildman–Crippen LogP) is 3.34. The van der Waals surface area contributed by atoms with Gasteiger partial charge in [0.1, 0.15) is 0 Å². The lowest BCUT2D eigenvalue weighted by Crippen LogP contribution is -2.50. The molecule has 0 N–H and O–H groups in total. The summed E-state index contributed by atoms with van der Waals surface area (Å²) in [7, 11) is -3.73. The molecule has 0 aliphatic carbocycles. The Balaban J connectivity index is 1.18. The standard InChI is InChI=1S/C27H33N5O5S2/c1-4-37-27(34)31-13-15-32(16-14-31)39(35,36)22-7-5-21(6-8-22)25(33)29-9-11-30(12-10-29)26-28-23-17-19(2)20(3)18-24(23)38-26/h5-8,17-18H,4,9-16H2,1-3H3. The second kappa shape index (κ2) is 11.1. The fourth-order valence-corrected chi connectivity index (χ4v) is 7.35. The summed E-state index contributed by atoms with van der Waals surface area (Å²) in [5.74, 6) is -0.114. The van der Waals surface area contributed by atoms with E-state index in [1.165, 1.54) is 37.2 Å². The number of aromatic nitrogens is 1. The summed E-state index contributed by atoms with van der Waals surface area (Å²) in [6.07, 6.45) is -0.427. The predicted molar refractivity (Wildman–Crippen MR) is 151 cm³/mol. The van der Waals surface area contributed by atoms with Gasteiger partial charge in [0.05, 0.1) is 21.7 Å².